The normalized spacial score (nSPS) is 11.1. The van der Waals surface area contributed by atoms with Crippen molar-refractivity contribution in [2.24, 2.45) is 0 Å². The van der Waals surface area contributed by atoms with Crippen LogP contribution in [0.3, 0.4) is 0 Å². The molecule has 2 aromatic rings. The number of halogens is 3. The number of nitrogens with one attached hydrogen (secondary N) is 1. The second kappa shape index (κ2) is 7.17. The van der Waals surface area contributed by atoms with Crippen LogP contribution in [0.5, 0.6) is 5.75 Å². The molecule has 1 N–H and O–H groups in total. The van der Waals surface area contributed by atoms with Gasteiger partial charge in [0.25, 0.3) is 5.91 Å². The first kappa shape index (κ1) is 16.9. The van der Waals surface area contributed by atoms with Crippen molar-refractivity contribution in [2.75, 3.05) is 11.9 Å². The van der Waals surface area contributed by atoms with E-state index in [4.69, 9.17) is 4.74 Å². The van der Waals surface area contributed by atoms with E-state index in [0.29, 0.717) is 12.4 Å². The van der Waals surface area contributed by atoms with Crippen LogP contribution in [-0.4, -0.2) is 12.5 Å². The Kier molecular flexibility index (Phi) is 5.26. The summed E-state index contributed by atoms with van der Waals surface area (Å²) < 4.78 is 44.4. The lowest BCUT2D eigenvalue weighted by molar-refractivity contribution is -0.136. The number of benzene rings is 2. The minimum Gasteiger partial charge on any atom is -0.493 e. The van der Waals surface area contributed by atoms with Crippen LogP contribution in [-0.2, 0) is 6.18 Å². The number of rotatable bonds is 5. The number of alkyl halides is 3. The van der Waals surface area contributed by atoms with Crippen LogP contribution in [0.2, 0.25) is 0 Å². The highest BCUT2D eigenvalue weighted by Crippen LogP contribution is 2.35. The second-order valence-corrected chi connectivity index (χ2v) is 4.84. The summed E-state index contributed by atoms with van der Waals surface area (Å²) in [5, 5.41) is 2.31. The van der Waals surface area contributed by atoms with Gasteiger partial charge >= 0.3 is 6.18 Å². The van der Waals surface area contributed by atoms with Crippen LogP contribution in [0.4, 0.5) is 18.9 Å². The molecule has 0 bridgehead atoms. The molecule has 2 aromatic carbocycles. The number of anilines is 1. The van der Waals surface area contributed by atoms with E-state index in [1.54, 1.807) is 18.2 Å². The smallest absolute Gasteiger partial charge is 0.418 e. The van der Waals surface area contributed by atoms with Gasteiger partial charge in [-0.15, -0.1) is 0 Å². The molecule has 23 heavy (non-hydrogen) atoms. The molecule has 0 aliphatic heterocycles. The van der Waals surface area contributed by atoms with E-state index in [9.17, 15) is 18.0 Å². The number of hydrogen-bond acceptors (Lipinski definition) is 2. The maximum atomic E-state index is 13.0. The zero-order chi connectivity index (χ0) is 16.9. The Morgan fingerprint density at radius 2 is 1.74 bits per heavy atom. The number of carbonyl (C=O) groups is 1. The van der Waals surface area contributed by atoms with Crippen LogP contribution >= 0.6 is 0 Å². The first-order valence-corrected chi connectivity index (χ1v) is 7.13. The third kappa shape index (κ3) is 4.25. The molecule has 0 radical (unpaired) electrons. The monoisotopic (exact) mass is 323 g/mol. The Morgan fingerprint density at radius 1 is 1.09 bits per heavy atom. The van der Waals surface area contributed by atoms with Crippen molar-refractivity contribution in [1.29, 1.82) is 0 Å². The van der Waals surface area contributed by atoms with Gasteiger partial charge in [-0.3, -0.25) is 4.79 Å². The lowest BCUT2D eigenvalue weighted by Gasteiger charge is -2.15. The summed E-state index contributed by atoms with van der Waals surface area (Å²) in [6.45, 7) is 2.34. The Labute approximate surface area is 132 Å². The van der Waals surface area contributed by atoms with E-state index in [-0.39, 0.29) is 11.3 Å². The molecule has 0 aromatic heterocycles. The molecular formula is C17H16F3NO2. The van der Waals surface area contributed by atoms with E-state index in [2.05, 4.69) is 5.32 Å². The topological polar surface area (TPSA) is 38.3 Å². The van der Waals surface area contributed by atoms with Gasteiger partial charge in [0.05, 0.1) is 23.4 Å². The molecule has 0 saturated heterocycles. The van der Waals surface area contributed by atoms with Gasteiger partial charge in [0.15, 0.2) is 0 Å². The fraction of sp³-hybridized carbons (Fsp3) is 0.235. The van der Waals surface area contributed by atoms with Crippen LogP contribution in [0.25, 0.3) is 0 Å². The molecule has 0 heterocycles. The predicted octanol–water partition coefficient (Wildman–Crippen LogP) is 4.75. The van der Waals surface area contributed by atoms with Gasteiger partial charge in [-0.2, -0.15) is 13.2 Å². The van der Waals surface area contributed by atoms with Crippen LogP contribution in [0, 0.1) is 0 Å². The molecule has 2 rings (SSSR count). The lowest BCUT2D eigenvalue weighted by Crippen LogP contribution is -2.17. The molecule has 0 spiro atoms. The highest BCUT2D eigenvalue weighted by molar-refractivity contribution is 6.06. The van der Waals surface area contributed by atoms with Gasteiger partial charge in [-0.25, -0.2) is 0 Å². The molecule has 3 nitrogen and oxygen atoms in total. The minimum absolute atomic E-state index is 0.193. The largest absolute Gasteiger partial charge is 0.493 e. The zero-order valence-corrected chi connectivity index (χ0v) is 12.5. The first-order chi connectivity index (χ1) is 10.9. The molecule has 0 aliphatic rings. The maximum Gasteiger partial charge on any atom is 0.418 e. The quantitative estimate of drug-likeness (QED) is 0.862. The Morgan fingerprint density at radius 3 is 2.43 bits per heavy atom. The van der Waals surface area contributed by atoms with Gasteiger partial charge in [0, 0.05) is 0 Å². The molecular weight excluding hydrogens is 307 g/mol. The molecule has 6 heteroatoms. The highest BCUT2D eigenvalue weighted by atomic mass is 19.4. The number of hydrogen-bond donors (Lipinski definition) is 1. The van der Waals surface area contributed by atoms with E-state index in [1.807, 2.05) is 6.92 Å². The van der Waals surface area contributed by atoms with Crippen LogP contribution < -0.4 is 10.1 Å². The SMILES string of the molecule is CCCOc1ccccc1C(=O)Nc1ccccc1C(F)(F)F. The third-order valence-corrected chi connectivity index (χ3v) is 3.07. The number of para-hydroxylation sites is 2. The van der Waals surface area contributed by atoms with Crippen molar-refractivity contribution in [3.05, 3.63) is 59.7 Å². The summed E-state index contributed by atoms with van der Waals surface area (Å²) in [5.74, 6) is -0.301. The number of carbonyl (C=O) groups excluding carboxylic acids is 1. The van der Waals surface area contributed by atoms with E-state index >= 15 is 0 Å². The van der Waals surface area contributed by atoms with Crippen molar-refractivity contribution in [3.8, 4) is 5.75 Å². The second-order valence-electron chi connectivity index (χ2n) is 4.84. The van der Waals surface area contributed by atoms with Crippen molar-refractivity contribution in [1.82, 2.24) is 0 Å². The molecule has 0 atom stereocenters. The summed E-state index contributed by atoms with van der Waals surface area (Å²) in [7, 11) is 0. The number of amides is 1. The first-order valence-electron chi connectivity index (χ1n) is 7.13. The molecule has 0 unspecified atom stereocenters. The van der Waals surface area contributed by atoms with Crippen molar-refractivity contribution < 1.29 is 22.7 Å². The summed E-state index contributed by atoms with van der Waals surface area (Å²) in [6.07, 6.45) is -3.78. The summed E-state index contributed by atoms with van der Waals surface area (Å²) in [4.78, 5) is 12.3. The van der Waals surface area contributed by atoms with Gasteiger partial charge < -0.3 is 10.1 Å². The Balaban J connectivity index is 2.27. The molecule has 122 valence electrons. The minimum atomic E-state index is -4.54. The summed E-state index contributed by atoms with van der Waals surface area (Å²) in [5.41, 5.74) is -0.978. The fourth-order valence-electron chi connectivity index (χ4n) is 2.02. The van der Waals surface area contributed by atoms with Crippen molar-refractivity contribution in [2.45, 2.75) is 19.5 Å². The van der Waals surface area contributed by atoms with E-state index in [0.717, 1.165) is 12.5 Å². The van der Waals surface area contributed by atoms with E-state index < -0.39 is 17.6 Å². The highest BCUT2D eigenvalue weighted by Gasteiger charge is 2.33. The van der Waals surface area contributed by atoms with Crippen LogP contribution in [0.1, 0.15) is 29.3 Å². The maximum absolute atomic E-state index is 13.0. The average Bonchev–Trinajstić information content (AvgIpc) is 2.52. The molecule has 1 amide bonds. The van der Waals surface area contributed by atoms with Crippen molar-refractivity contribution in [3.63, 3.8) is 0 Å². The fourth-order valence-corrected chi connectivity index (χ4v) is 2.02. The summed E-state index contributed by atoms with van der Waals surface area (Å²) >= 11 is 0. The van der Waals surface area contributed by atoms with E-state index in [1.165, 1.54) is 24.3 Å². The zero-order valence-electron chi connectivity index (χ0n) is 12.5. The van der Waals surface area contributed by atoms with Gasteiger partial charge in [-0.05, 0) is 30.7 Å². The Hall–Kier alpha value is -2.50. The average molecular weight is 323 g/mol. The molecule has 0 fully saturated rings. The number of ether oxygens (including phenoxy) is 1. The van der Waals surface area contributed by atoms with Gasteiger partial charge in [0.1, 0.15) is 5.75 Å². The Bertz CT molecular complexity index is 684. The predicted molar refractivity (Wildman–Crippen MR) is 81.6 cm³/mol. The van der Waals surface area contributed by atoms with Gasteiger partial charge in [-0.1, -0.05) is 31.2 Å². The van der Waals surface area contributed by atoms with Crippen LogP contribution in [0.15, 0.2) is 48.5 Å². The standard InChI is InChI=1S/C17H16F3NO2/c1-2-11-23-15-10-6-3-7-12(15)16(22)21-14-9-5-4-8-13(14)17(18,19)20/h3-10H,2,11H2,1H3,(H,21,22). The molecule has 0 aliphatic carbocycles. The summed E-state index contributed by atoms with van der Waals surface area (Å²) in [6, 6.07) is 11.3. The van der Waals surface area contributed by atoms with Crippen molar-refractivity contribution >= 4 is 11.6 Å². The van der Waals surface area contributed by atoms with Gasteiger partial charge in [0.2, 0.25) is 0 Å². The third-order valence-electron chi connectivity index (χ3n) is 3.07. The molecule has 0 saturated carbocycles. The lowest BCUT2D eigenvalue weighted by atomic mass is 10.1.